The Morgan fingerprint density at radius 1 is 0.821 bits per heavy atom. The lowest BCUT2D eigenvalue weighted by Crippen LogP contribution is -1.96. The number of aromatic nitrogens is 2. The van der Waals surface area contributed by atoms with Crippen molar-refractivity contribution < 1.29 is 9.84 Å². The second-order valence-corrected chi connectivity index (χ2v) is 6.64. The van der Waals surface area contributed by atoms with Gasteiger partial charge in [-0.15, -0.1) is 0 Å². The van der Waals surface area contributed by atoms with Gasteiger partial charge in [0.1, 0.15) is 11.5 Å². The van der Waals surface area contributed by atoms with Crippen LogP contribution >= 0.6 is 11.6 Å². The minimum atomic E-state index is 0.165. The molecule has 0 amide bonds. The van der Waals surface area contributed by atoms with Gasteiger partial charge in [-0.2, -0.15) is 0 Å². The molecule has 0 saturated carbocycles. The van der Waals surface area contributed by atoms with Crippen LogP contribution in [0.15, 0.2) is 79.0 Å². The number of phenolic OH excluding ortho intramolecular Hbond substituents is 1. The molecule has 4 aromatic rings. The number of methoxy groups -OCH3 is 1. The maximum atomic E-state index is 10.4. The molecule has 0 bridgehead atoms. The fraction of sp³-hybridized carbons (Fsp3) is 0.0435. The van der Waals surface area contributed by atoms with Crippen molar-refractivity contribution in [3.05, 3.63) is 84.0 Å². The fourth-order valence-electron chi connectivity index (χ4n) is 2.98. The predicted octanol–water partition coefficient (Wildman–Crippen LogP) is 5.85. The summed E-state index contributed by atoms with van der Waals surface area (Å²) in [5.74, 6) is 1.50. The molecular weight excluding hydrogens is 372 g/mol. The second-order valence-electron chi connectivity index (χ2n) is 6.21. The lowest BCUT2D eigenvalue weighted by atomic mass is 9.99. The number of phenols is 1. The zero-order valence-corrected chi connectivity index (χ0v) is 15.9. The third-order valence-electron chi connectivity index (χ3n) is 4.45. The summed E-state index contributed by atoms with van der Waals surface area (Å²) in [6.45, 7) is 0. The minimum absolute atomic E-state index is 0.165. The summed E-state index contributed by atoms with van der Waals surface area (Å²) in [4.78, 5) is 9.32. The number of rotatable bonds is 4. The molecule has 0 saturated heterocycles. The van der Waals surface area contributed by atoms with Gasteiger partial charge in [0.25, 0.3) is 0 Å². The molecule has 3 aromatic carbocycles. The van der Waals surface area contributed by atoms with E-state index >= 15 is 0 Å². The van der Waals surface area contributed by atoms with Crippen molar-refractivity contribution in [2.24, 2.45) is 0 Å². The van der Waals surface area contributed by atoms with Crippen LogP contribution in [-0.4, -0.2) is 22.2 Å². The third-order valence-corrected chi connectivity index (χ3v) is 4.70. The second kappa shape index (κ2) is 7.71. The molecular formula is C23H17ClN2O2. The SMILES string of the molecule is COc1ccc(-c2cnc(-c3ccc(Cl)cc3)nc2-c2ccccc2O)cc1. The maximum Gasteiger partial charge on any atom is 0.159 e. The summed E-state index contributed by atoms with van der Waals surface area (Å²) < 4.78 is 5.24. The van der Waals surface area contributed by atoms with Gasteiger partial charge in [-0.3, -0.25) is 0 Å². The van der Waals surface area contributed by atoms with Crippen molar-refractivity contribution in [1.29, 1.82) is 0 Å². The molecule has 1 N–H and O–H groups in total. The summed E-state index contributed by atoms with van der Waals surface area (Å²) in [5, 5.41) is 11.1. The Labute approximate surface area is 168 Å². The Hall–Kier alpha value is -3.37. The lowest BCUT2D eigenvalue weighted by molar-refractivity contribution is 0.415. The molecule has 0 spiro atoms. The number of nitrogens with zero attached hydrogens (tertiary/aromatic N) is 2. The molecule has 1 heterocycles. The number of hydrogen-bond donors (Lipinski definition) is 1. The Morgan fingerprint density at radius 2 is 1.50 bits per heavy atom. The number of hydrogen-bond acceptors (Lipinski definition) is 4. The standard InChI is InChI=1S/C23H17ClN2O2/c1-28-18-12-8-15(9-13-18)20-14-25-23(16-6-10-17(24)11-7-16)26-22(20)19-4-2-3-5-21(19)27/h2-14,27H,1H3. The molecule has 0 unspecified atom stereocenters. The average molecular weight is 389 g/mol. The average Bonchev–Trinajstić information content (AvgIpc) is 2.74. The zero-order valence-electron chi connectivity index (χ0n) is 15.1. The van der Waals surface area contributed by atoms with E-state index in [1.54, 1.807) is 37.6 Å². The van der Waals surface area contributed by atoms with Gasteiger partial charge in [-0.05, 0) is 54.1 Å². The van der Waals surface area contributed by atoms with Crippen LogP contribution in [0.1, 0.15) is 0 Å². The number of benzene rings is 3. The molecule has 0 atom stereocenters. The van der Waals surface area contributed by atoms with E-state index in [2.05, 4.69) is 4.98 Å². The van der Waals surface area contributed by atoms with Crippen LogP contribution in [0.4, 0.5) is 0 Å². The van der Waals surface area contributed by atoms with Crippen molar-refractivity contribution in [3.8, 4) is 45.3 Å². The molecule has 28 heavy (non-hydrogen) atoms. The largest absolute Gasteiger partial charge is 0.507 e. The van der Waals surface area contributed by atoms with E-state index < -0.39 is 0 Å². The molecule has 1 aromatic heterocycles. The van der Waals surface area contributed by atoms with Crippen LogP contribution in [0.5, 0.6) is 11.5 Å². The smallest absolute Gasteiger partial charge is 0.159 e. The van der Waals surface area contributed by atoms with Crippen molar-refractivity contribution in [3.63, 3.8) is 0 Å². The molecule has 0 aliphatic carbocycles. The highest BCUT2D eigenvalue weighted by Crippen LogP contribution is 2.36. The topological polar surface area (TPSA) is 55.2 Å². The molecule has 0 aliphatic rings. The number of halogens is 1. The predicted molar refractivity (Wildman–Crippen MR) is 112 cm³/mol. The number of ether oxygens (including phenoxy) is 1. The van der Waals surface area contributed by atoms with Crippen LogP contribution in [0.3, 0.4) is 0 Å². The lowest BCUT2D eigenvalue weighted by Gasteiger charge is -2.12. The molecule has 4 nitrogen and oxygen atoms in total. The number of aromatic hydroxyl groups is 1. The third kappa shape index (κ3) is 3.55. The van der Waals surface area contributed by atoms with E-state index in [-0.39, 0.29) is 5.75 Å². The Morgan fingerprint density at radius 3 is 2.18 bits per heavy atom. The highest BCUT2D eigenvalue weighted by atomic mass is 35.5. The van der Waals surface area contributed by atoms with Crippen molar-refractivity contribution in [2.45, 2.75) is 0 Å². The van der Waals surface area contributed by atoms with Gasteiger partial charge in [0, 0.05) is 27.9 Å². The van der Waals surface area contributed by atoms with Crippen LogP contribution in [0.25, 0.3) is 33.8 Å². The summed E-state index contributed by atoms with van der Waals surface area (Å²) in [6.07, 6.45) is 1.78. The van der Waals surface area contributed by atoms with Gasteiger partial charge in [0.15, 0.2) is 5.82 Å². The van der Waals surface area contributed by atoms with Gasteiger partial charge in [-0.25, -0.2) is 9.97 Å². The van der Waals surface area contributed by atoms with E-state index in [1.807, 2.05) is 48.5 Å². The number of para-hydroxylation sites is 1. The van der Waals surface area contributed by atoms with Gasteiger partial charge >= 0.3 is 0 Å². The van der Waals surface area contributed by atoms with Gasteiger partial charge in [-0.1, -0.05) is 35.9 Å². The highest BCUT2D eigenvalue weighted by Gasteiger charge is 2.15. The summed E-state index contributed by atoms with van der Waals surface area (Å²) in [7, 11) is 1.63. The van der Waals surface area contributed by atoms with E-state index in [0.717, 1.165) is 22.4 Å². The summed E-state index contributed by atoms with van der Waals surface area (Å²) in [6, 6.07) is 22.2. The van der Waals surface area contributed by atoms with Crippen LogP contribution in [0, 0.1) is 0 Å². The molecule has 0 fully saturated rings. The Bertz CT molecular complexity index is 1110. The van der Waals surface area contributed by atoms with Crippen LogP contribution in [0.2, 0.25) is 5.02 Å². The first kappa shape index (κ1) is 18.0. The quantitative estimate of drug-likeness (QED) is 0.476. The molecule has 0 aliphatic heterocycles. The van der Waals surface area contributed by atoms with Crippen molar-refractivity contribution >= 4 is 11.6 Å². The first-order valence-corrected chi connectivity index (χ1v) is 9.09. The van der Waals surface area contributed by atoms with E-state index in [4.69, 9.17) is 21.3 Å². The van der Waals surface area contributed by atoms with Gasteiger partial charge in [0.2, 0.25) is 0 Å². The maximum absolute atomic E-state index is 10.4. The van der Waals surface area contributed by atoms with Gasteiger partial charge < -0.3 is 9.84 Å². The summed E-state index contributed by atoms with van der Waals surface area (Å²) >= 11 is 5.99. The Balaban J connectivity index is 1.90. The van der Waals surface area contributed by atoms with Crippen molar-refractivity contribution in [1.82, 2.24) is 9.97 Å². The monoisotopic (exact) mass is 388 g/mol. The molecule has 4 rings (SSSR count). The fourth-order valence-corrected chi connectivity index (χ4v) is 3.11. The normalized spacial score (nSPS) is 10.6. The first-order valence-electron chi connectivity index (χ1n) is 8.71. The first-order chi connectivity index (χ1) is 13.7. The highest BCUT2D eigenvalue weighted by molar-refractivity contribution is 6.30. The van der Waals surface area contributed by atoms with Crippen molar-refractivity contribution in [2.75, 3.05) is 7.11 Å². The summed E-state index contributed by atoms with van der Waals surface area (Å²) in [5.41, 5.74) is 3.90. The van der Waals surface area contributed by atoms with Gasteiger partial charge in [0.05, 0.1) is 12.8 Å². The molecule has 5 heteroatoms. The van der Waals surface area contributed by atoms with E-state index in [0.29, 0.717) is 22.1 Å². The van der Waals surface area contributed by atoms with Crippen LogP contribution in [-0.2, 0) is 0 Å². The Kier molecular flexibility index (Phi) is 4.96. The van der Waals surface area contributed by atoms with E-state index in [1.165, 1.54) is 0 Å². The van der Waals surface area contributed by atoms with Crippen LogP contribution < -0.4 is 4.74 Å². The molecule has 0 radical (unpaired) electrons. The molecule has 138 valence electrons. The zero-order chi connectivity index (χ0) is 19.5. The van der Waals surface area contributed by atoms with E-state index in [9.17, 15) is 5.11 Å². The minimum Gasteiger partial charge on any atom is -0.507 e.